The number of carbonyl (C=O) groups excluding carboxylic acids is 1. The van der Waals surface area contributed by atoms with Crippen molar-refractivity contribution in [3.63, 3.8) is 0 Å². The van der Waals surface area contributed by atoms with Crippen molar-refractivity contribution in [1.82, 2.24) is 14.7 Å². The van der Waals surface area contributed by atoms with Crippen LogP contribution in [0, 0.1) is 12.7 Å². The molecule has 1 aliphatic heterocycles. The molecule has 0 aliphatic carbocycles. The van der Waals surface area contributed by atoms with Gasteiger partial charge in [-0.1, -0.05) is 84.1 Å². The SMILES string of the molecule is Cc1ccc(CN2C(=O)/C(=C/c3cn(-c4ccccc4)nc3-c3ccc(OCc4ccc(F)cc4)cc3)SC2=S)cc1. The Bertz CT molecular complexity index is 1770. The summed E-state index contributed by atoms with van der Waals surface area (Å²) in [6.07, 6.45) is 3.80. The van der Waals surface area contributed by atoms with E-state index in [-0.39, 0.29) is 11.7 Å². The second-order valence-electron chi connectivity index (χ2n) is 9.91. The van der Waals surface area contributed by atoms with Crippen LogP contribution in [0.2, 0.25) is 0 Å². The molecule has 0 saturated carbocycles. The highest BCUT2D eigenvalue weighted by Crippen LogP contribution is 2.36. The molecule has 1 fully saturated rings. The van der Waals surface area contributed by atoms with Crippen molar-refractivity contribution in [2.24, 2.45) is 0 Å². The maximum Gasteiger partial charge on any atom is 0.266 e. The van der Waals surface area contributed by atoms with Crippen LogP contribution in [-0.2, 0) is 17.9 Å². The van der Waals surface area contributed by atoms with E-state index in [2.05, 4.69) is 0 Å². The summed E-state index contributed by atoms with van der Waals surface area (Å²) < 4.78 is 21.5. The Balaban J connectivity index is 1.28. The topological polar surface area (TPSA) is 47.4 Å². The van der Waals surface area contributed by atoms with Crippen molar-refractivity contribution < 1.29 is 13.9 Å². The third-order valence-corrected chi connectivity index (χ3v) is 8.21. The van der Waals surface area contributed by atoms with Crippen molar-refractivity contribution >= 4 is 40.3 Å². The Morgan fingerprint density at radius 3 is 2.31 bits per heavy atom. The largest absolute Gasteiger partial charge is 0.489 e. The van der Waals surface area contributed by atoms with Crippen LogP contribution < -0.4 is 4.74 Å². The van der Waals surface area contributed by atoms with E-state index in [1.54, 1.807) is 17.0 Å². The first-order valence-electron chi connectivity index (χ1n) is 13.4. The minimum Gasteiger partial charge on any atom is -0.489 e. The van der Waals surface area contributed by atoms with Gasteiger partial charge in [0.05, 0.1) is 22.8 Å². The Morgan fingerprint density at radius 1 is 0.905 bits per heavy atom. The van der Waals surface area contributed by atoms with E-state index >= 15 is 0 Å². The van der Waals surface area contributed by atoms with Crippen LogP contribution in [0.4, 0.5) is 4.39 Å². The minimum atomic E-state index is -0.276. The zero-order valence-electron chi connectivity index (χ0n) is 22.7. The number of halogens is 1. The van der Waals surface area contributed by atoms with Gasteiger partial charge in [-0.2, -0.15) is 5.10 Å². The summed E-state index contributed by atoms with van der Waals surface area (Å²) in [5, 5.41) is 4.89. The molecule has 5 nitrogen and oxygen atoms in total. The fourth-order valence-corrected chi connectivity index (χ4v) is 5.79. The van der Waals surface area contributed by atoms with Crippen LogP contribution in [0.1, 0.15) is 22.3 Å². The molecule has 0 N–H and O–H groups in total. The van der Waals surface area contributed by atoms with Gasteiger partial charge in [-0.3, -0.25) is 9.69 Å². The molecule has 8 heteroatoms. The number of rotatable bonds is 8. The van der Waals surface area contributed by atoms with Crippen LogP contribution in [-0.4, -0.2) is 24.9 Å². The number of aromatic nitrogens is 2. The van der Waals surface area contributed by atoms with Gasteiger partial charge in [-0.15, -0.1) is 0 Å². The summed E-state index contributed by atoms with van der Waals surface area (Å²) in [6.45, 7) is 2.80. The second-order valence-corrected chi connectivity index (χ2v) is 11.6. The first-order valence-corrected chi connectivity index (χ1v) is 14.6. The molecular formula is C34H26FN3O2S2. The number of hydrogen-bond acceptors (Lipinski definition) is 5. The number of benzene rings is 4. The Kier molecular flexibility index (Phi) is 7.99. The molecule has 1 aromatic heterocycles. The number of nitrogens with zero attached hydrogens (tertiary/aromatic N) is 3. The van der Waals surface area contributed by atoms with E-state index in [1.165, 1.54) is 29.5 Å². The number of hydrogen-bond donors (Lipinski definition) is 0. The van der Waals surface area contributed by atoms with Gasteiger partial charge < -0.3 is 4.74 Å². The summed E-state index contributed by atoms with van der Waals surface area (Å²) in [5.41, 5.74) is 6.38. The van der Waals surface area contributed by atoms with E-state index in [9.17, 15) is 9.18 Å². The number of aryl methyl sites for hydroxylation is 1. The number of thioether (sulfide) groups is 1. The standard InChI is InChI=1S/C34H26FN3O2S2/c1-23-7-9-24(10-8-23)20-37-33(39)31(42-34(37)41)19-27-21-38(29-5-3-2-4-6-29)36-32(27)26-13-17-30(18-14-26)40-22-25-11-15-28(35)16-12-25/h2-19,21H,20,22H2,1H3/b31-19-. The Morgan fingerprint density at radius 2 is 1.60 bits per heavy atom. The highest BCUT2D eigenvalue weighted by Gasteiger charge is 2.32. The molecule has 1 aliphatic rings. The van der Waals surface area contributed by atoms with E-state index in [4.69, 9.17) is 22.1 Å². The van der Waals surface area contributed by atoms with E-state index in [1.807, 2.05) is 103 Å². The van der Waals surface area contributed by atoms with Crippen LogP contribution in [0.25, 0.3) is 23.0 Å². The summed E-state index contributed by atoms with van der Waals surface area (Å²) in [4.78, 5) is 15.7. The highest BCUT2D eigenvalue weighted by molar-refractivity contribution is 8.26. The fraction of sp³-hybridized carbons (Fsp3) is 0.0882. The van der Waals surface area contributed by atoms with Gasteiger partial charge in [0.2, 0.25) is 0 Å². The lowest BCUT2D eigenvalue weighted by Gasteiger charge is -2.14. The zero-order chi connectivity index (χ0) is 29.1. The van der Waals surface area contributed by atoms with E-state index in [0.29, 0.717) is 28.1 Å². The molecule has 0 unspecified atom stereocenters. The first-order chi connectivity index (χ1) is 20.4. The number of ether oxygens (including phenoxy) is 1. The molecule has 5 aromatic rings. The van der Waals surface area contributed by atoms with Crippen molar-refractivity contribution in [1.29, 1.82) is 0 Å². The second kappa shape index (κ2) is 12.1. The van der Waals surface area contributed by atoms with Gasteiger partial charge in [0.15, 0.2) is 0 Å². The monoisotopic (exact) mass is 591 g/mol. The number of amides is 1. The van der Waals surface area contributed by atoms with Crippen molar-refractivity contribution in [2.75, 3.05) is 0 Å². The molecule has 42 heavy (non-hydrogen) atoms. The van der Waals surface area contributed by atoms with Crippen molar-refractivity contribution in [2.45, 2.75) is 20.1 Å². The number of thiocarbonyl (C=S) groups is 1. The minimum absolute atomic E-state index is 0.117. The van der Waals surface area contributed by atoms with Gasteiger partial charge in [-0.25, -0.2) is 9.07 Å². The lowest BCUT2D eigenvalue weighted by atomic mass is 10.1. The van der Waals surface area contributed by atoms with Gasteiger partial charge in [0, 0.05) is 17.3 Å². The molecule has 208 valence electrons. The lowest BCUT2D eigenvalue weighted by Crippen LogP contribution is -2.27. The predicted octanol–water partition coefficient (Wildman–Crippen LogP) is 7.97. The molecule has 1 saturated heterocycles. The lowest BCUT2D eigenvalue weighted by molar-refractivity contribution is -0.122. The maximum absolute atomic E-state index is 13.5. The van der Waals surface area contributed by atoms with Crippen LogP contribution in [0.5, 0.6) is 5.75 Å². The predicted molar refractivity (Wildman–Crippen MR) is 170 cm³/mol. The summed E-state index contributed by atoms with van der Waals surface area (Å²) in [7, 11) is 0. The first kappa shape index (κ1) is 27.6. The third-order valence-electron chi connectivity index (χ3n) is 6.83. The zero-order valence-corrected chi connectivity index (χ0v) is 24.4. The average molecular weight is 592 g/mol. The van der Waals surface area contributed by atoms with E-state index in [0.717, 1.165) is 33.6 Å². The average Bonchev–Trinajstić information content (AvgIpc) is 3.55. The van der Waals surface area contributed by atoms with Gasteiger partial charge in [-0.05, 0) is 72.7 Å². The summed E-state index contributed by atoms with van der Waals surface area (Å²) in [5.74, 6) is 0.292. The molecule has 2 heterocycles. The maximum atomic E-state index is 13.5. The molecule has 0 atom stereocenters. The smallest absolute Gasteiger partial charge is 0.266 e. The highest BCUT2D eigenvalue weighted by atomic mass is 32.2. The molecular weight excluding hydrogens is 566 g/mol. The van der Waals surface area contributed by atoms with Gasteiger partial charge in [0.1, 0.15) is 22.5 Å². The molecule has 1 amide bonds. The fourth-order valence-electron chi connectivity index (χ4n) is 4.54. The summed E-state index contributed by atoms with van der Waals surface area (Å²) in [6, 6.07) is 31.8. The van der Waals surface area contributed by atoms with Crippen molar-refractivity contribution in [3.8, 4) is 22.7 Å². The number of para-hydroxylation sites is 1. The van der Waals surface area contributed by atoms with Gasteiger partial charge >= 0.3 is 0 Å². The normalized spacial score (nSPS) is 14.1. The molecule has 0 bridgehead atoms. The molecule has 4 aromatic carbocycles. The van der Waals surface area contributed by atoms with E-state index < -0.39 is 0 Å². The molecule has 6 rings (SSSR count). The third kappa shape index (κ3) is 6.20. The van der Waals surface area contributed by atoms with Crippen LogP contribution in [0.15, 0.2) is 114 Å². The number of carbonyl (C=O) groups is 1. The van der Waals surface area contributed by atoms with Gasteiger partial charge in [0.25, 0.3) is 5.91 Å². The van der Waals surface area contributed by atoms with Crippen LogP contribution in [0.3, 0.4) is 0 Å². The Labute approximate surface area is 253 Å². The van der Waals surface area contributed by atoms with Crippen LogP contribution >= 0.6 is 24.0 Å². The molecule has 0 radical (unpaired) electrons. The summed E-state index contributed by atoms with van der Waals surface area (Å²) >= 11 is 6.90. The quantitative estimate of drug-likeness (QED) is 0.135. The molecule has 0 spiro atoms. The Hall–Kier alpha value is -4.53. The van der Waals surface area contributed by atoms with Crippen molar-refractivity contribution in [3.05, 3.63) is 142 Å².